The normalized spacial score (nSPS) is 11.4. The van der Waals surface area contributed by atoms with Crippen LogP contribution in [0.1, 0.15) is 19.4 Å². The summed E-state index contributed by atoms with van der Waals surface area (Å²) in [5.74, 6) is 3.20. The van der Waals surface area contributed by atoms with Crippen molar-refractivity contribution in [3.8, 4) is 12.3 Å². The van der Waals surface area contributed by atoms with Gasteiger partial charge in [-0.25, -0.2) is 4.52 Å². The van der Waals surface area contributed by atoms with Crippen molar-refractivity contribution in [2.75, 3.05) is 5.32 Å². The number of hydrogen-bond acceptors (Lipinski definition) is 3. The molecule has 0 amide bonds. The van der Waals surface area contributed by atoms with Crippen molar-refractivity contribution in [1.29, 1.82) is 0 Å². The Morgan fingerprint density at radius 1 is 1.50 bits per heavy atom. The second-order valence-electron chi connectivity index (χ2n) is 4.29. The summed E-state index contributed by atoms with van der Waals surface area (Å²) in [5, 5.41) is 7.41. The molecule has 82 valence electrons. The Kier molecular flexibility index (Phi) is 2.31. The van der Waals surface area contributed by atoms with E-state index in [-0.39, 0.29) is 0 Å². The average molecular weight is 214 g/mol. The summed E-state index contributed by atoms with van der Waals surface area (Å²) >= 11 is 0. The quantitative estimate of drug-likeness (QED) is 0.776. The van der Waals surface area contributed by atoms with Gasteiger partial charge in [0.25, 0.3) is 0 Å². The van der Waals surface area contributed by atoms with Crippen molar-refractivity contribution >= 4 is 11.6 Å². The van der Waals surface area contributed by atoms with Gasteiger partial charge in [-0.05, 0) is 32.4 Å². The number of terminal acetylenes is 1. The molecule has 0 saturated heterocycles. The van der Waals surface area contributed by atoms with Gasteiger partial charge in [0.1, 0.15) is 0 Å². The van der Waals surface area contributed by atoms with Crippen LogP contribution in [0.2, 0.25) is 0 Å². The third-order valence-corrected chi connectivity index (χ3v) is 2.34. The number of aryl methyl sites for hydroxylation is 1. The van der Waals surface area contributed by atoms with Gasteiger partial charge in [0.2, 0.25) is 5.95 Å². The summed E-state index contributed by atoms with van der Waals surface area (Å²) in [7, 11) is 0. The first-order valence-corrected chi connectivity index (χ1v) is 5.10. The van der Waals surface area contributed by atoms with Crippen molar-refractivity contribution in [1.82, 2.24) is 14.6 Å². The molecule has 0 saturated carbocycles. The van der Waals surface area contributed by atoms with Crippen LogP contribution in [-0.2, 0) is 0 Å². The van der Waals surface area contributed by atoms with Gasteiger partial charge >= 0.3 is 0 Å². The number of aromatic nitrogens is 3. The van der Waals surface area contributed by atoms with Crippen molar-refractivity contribution in [2.45, 2.75) is 26.3 Å². The van der Waals surface area contributed by atoms with Gasteiger partial charge in [0.15, 0.2) is 5.65 Å². The first-order valence-electron chi connectivity index (χ1n) is 5.10. The van der Waals surface area contributed by atoms with Gasteiger partial charge in [-0.2, -0.15) is 4.98 Å². The van der Waals surface area contributed by atoms with E-state index in [1.54, 1.807) is 4.52 Å². The summed E-state index contributed by atoms with van der Waals surface area (Å²) < 4.78 is 1.74. The molecular weight excluding hydrogens is 200 g/mol. The summed E-state index contributed by atoms with van der Waals surface area (Å²) in [6, 6.07) is 3.94. The summed E-state index contributed by atoms with van der Waals surface area (Å²) in [6.07, 6.45) is 7.27. The first-order chi connectivity index (χ1) is 7.52. The van der Waals surface area contributed by atoms with E-state index in [0.717, 1.165) is 11.2 Å². The van der Waals surface area contributed by atoms with Crippen LogP contribution in [0.25, 0.3) is 5.65 Å². The maximum absolute atomic E-state index is 5.40. The summed E-state index contributed by atoms with van der Waals surface area (Å²) in [5.41, 5.74) is 1.48. The van der Waals surface area contributed by atoms with Gasteiger partial charge < -0.3 is 5.32 Å². The topological polar surface area (TPSA) is 42.2 Å². The first kappa shape index (κ1) is 10.5. The fourth-order valence-corrected chi connectivity index (χ4v) is 1.41. The highest BCUT2D eigenvalue weighted by molar-refractivity contribution is 5.50. The number of anilines is 1. The smallest absolute Gasteiger partial charge is 0.244 e. The Morgan fingerprint density at radius 3 is 2.88 bits per heavy atom. The molecule has 0 fully saturated rings. The van der Waals surface area contributed by atoms with Crippen molar-refractivity contribution < 1.29 is 0 Å². The molecular formula is C12H14N4. The van der Waals surface area contributed by atoms with Crippen LogP contribution in [0.5, 0.6) is 0 Å². The lowest BCUT2D eigenvalue weighted by molar-refractivity contribution is 0.728. The van der Waals surface area contributed by atoms with Crippen LogP contribution in [0.15, 0.2) is 18.3 Å². The molecule has 2 aromatic rings. The molecule has 0 bridgehead atoms. The van der Waals surface area contributed by atoms with E-state index in [2.05, 4.69) is 21.3 Å². The van der Waals surface area contributed by atoms with E-state index in [1.165, 1.54) is 0 Å². The van der Waals surface area contributed by atoms with Gasteiger partial charge in [-0.15, -0.1) is 11.5 Å². The SMILES string of the molecule is C#CC(C)(C)Nc1nc2c(C)cccn2n1. The molecule has 0 radical (unpaired) electrons. The second kappa shape index (κ2) is 3.53. The van der Waals surface area contributed by atoms with Crippen molar-refractivity contribution in [3.63, 3.8) is 0 Å². The Bertz CT molecular complexity index is 560. The lowest BCUT2D eigenvalue weighted by atomic mass is 10.1. The van der Waals surface area contributed by atoms with Crippen molar-refractivity contribution in [2.24, 2.45) is 0 Å². The molecule has 0 aliphatic rings. The molecule has 0 aliphatic heterocycles. The van der Waals surface area contributed by atoms with Crippen LogP contribution in [-0.4, -0.2) is 20.1 Å². The number of rotatable bonds is 2. The highest BCUT2D eigenvalue weighted by Crippen LogP contribution is 2.13. The molecule has 2 aromatic heterocycles. The maximum Gasteiger partial charge on any atom is 0.244 e. The monoisotopic (exact) mass is 214 g/mol. The molecule has 0 aromatic carbocycles. The number of nitrogens with zero attached hydrogens (tertiary/aromatic N) is 3. The number of fused-ring (bicyclic) bond motifs is 1. The number of hydrogen-bond donors (Lipinski definition) is 1. The van der Waals surface area contributed by atoms with Gasteiger partial charge in [0.05, 0.1) is 5.54 Å². The predicted molar refractivity (Wildman–Crippen MR) is 64.3 cm³/mol. The molecule has 1 N–H and O–H groups in total. The fraction of sp³-hybridized carbons (Fsp3) is 0.333. The van der Waals surface area contributed by atoms with E-state index in [4.69, 9.17) is 6.42 Å². The van der Waals surface area contributed by atoms with Crippen LogP contribution < -0.4 is 5.32 Å². The molecule has 2 heterocycles. The van der Waals surface area contributed by atoms with Crippen LogP contribution in [0.4, 0.5) is 5.95 Å². The Balaban J connectivity index is 2.42. The van der Waals surface area contributed by atoms with E-state index in [9.17, 15) is 0 Å². The molecule has 0 aliphatic carbocycles. The van der Waals surface area contributed by atoms with Gasteiger partial charge in [-0.3, -0.25) is 0 Å². The zero-order valence-electron chi connectivity index (χ0n) is 9.65. The van der Waals surface area contributed by atoms with Crippen molar-refractivity contribution in [3.05, 3.63) is 23.9 Å². The number of pyridine rings is 1. The zero-order valence-corrected chi connectivity index (χ0v) is 9.65. The Hall–Kier alpha value is -2.02. The minimum atomic E-state index is -0.446. The molecule has 0 unspecified atom stereocenters. The maximum atomic E-state index is 5.40. The largest absolute Gasteiger partial charge is 0.337 e. The van der Waals surface area contributed by atoms with E-state index in [0.29, 0.717) is 5.95 Å². The predicted octanol–water partition coefficient (Wildman–Crippen LogP) is 1.86. The van der Waals surface area contributed by atoms with Gasteiger partial charge in [-0.1, -0.05) is 12.0 Å². The van der Waals surface area contributed by atoms with E-state index < -0.39 is 5.54 Å². The lowest BCUT2D eigenvalue weighted by Crippen LogP contribution is -2.29. The third kappa shape index (κ3) is 1.84. The number of nitrogens with one attached hydrogen (secondary N) is 1. The van der Waals surface area contributed by atoms with Gasteiger partial charge in [0, 0.05) is 6.20 Å². The second-order valence-corrected chi connectivity index (χ2v) is 4.29. The Labute approximate surface area is 94.7 Å². The molecule has 4 nitrogen and oxygen atoms in total. The highest BCUT2D eigenvalue weighted by Gasteiger charge is 2.16. The van der Waals surface area contributed by atoms with Crippen LogP contribution in [0.3, 0.4) is 0 Å². The molecule has 0 atom stereocenters. The fourth-order valence-electron chi connectivity index (χ4n) is 1.41. The Morgan fingerprint density at radius 2 is 2.25 bits per heavy atom. The van der Waals surface area contributed by atoms with Crippen LogP contribution in [0, 0.1) is 19.3 Å². The van der Waals surface area contributed by atoms with E-state index >= 15 is 0 Å². The minimum Gasteiger partial charge on any atom is -0.337 e. The summed E-state index contributed by atoms with van der Waals surface area (Å²) in [6.45, 7) is 5.82. The molecule has 4 heteroatoms. The molecule has 16 heavy (non-hydrogen) atoms. The average Bonchev–Trinajstić information content (AvgIpc) is 2.61. The highest BCUT2D eigenvalue weighted by atomic mass is 15.4. The standard InChI is InChI=1S/C12H14N4/c1-5-12(3,4)14-11-13-10-9(2)7-6-8-16(10)15-11/h1,6-8H,2-4H3,(H,14,15). The molecule has 2 rings (SSSR count). The molecule has 0 spiro atoms. The third-order valence-electron chi connectivity index (χ3n) is 2.34. The summed E-state index contributed by atoms with van der Waals surface area (Å²) in [4.78, 5) is 4.39. The van der Waals surface area contributed by atoms with E-state index in [1.807, 2.05) is 39.1 Å². The zero-order chi connectivity index (χ0) is 11.8. The minimum absolute atomic E-state index is 0.446. The van der Waals surface area contributed by atoms with Crippen LogP contribution >= 0.6 is 0 Å². The lowest BCUT2D eigenvalue weighted by Gasteiger charge is -2.17.